The molecule has 3 rings (SSSR count). The van der Waals surface area contributed by atoms with Gasteiger partial charge in [-0.2, -0.15) is 0 Å². The third-order valence-corrected chi connectivity index (χ3v) is 4.63. The van der Waals surface area contributed by atoms with Gasteiger partial charge in [0.05, 0.1) is 6.04 Å². The summed E-state index contributed by atoms with van der Waals surface area (Å²) in [6.45, 7) is 6.13. The van der Waals surface area contributed by atoms with Crippen LogP contribution in [0, 0.1) is 17.0 Å². The lowest BCUT2D eigenvalue weighted by atomic mass is 9.86. The van der Waals surface area contributed by atoms with Gasteiger partial charge in [0.15, 0.2) is 0 Å². The zero-order chi connectivity index (χ0) is 20.3. The molecule has 6 heteroatoms. The molecule has 28 heavy (non-hydrogen) atoms. The molecule has 4 nitrogen and oxygen atoms in total. The number of nitrogens with one attached hydrogen (secondary N) is 1. The second kappa shape index (κ2) is 8.09. The second-order valence-electron chi connectivity index (χ2n) is 7.99. The van der Waals surface area contributed by atoms with Crippen molar-refractivity contribution in [3.63, 3.8) is 0 Å². The fraction of sp³-hybridized carbons (Fsp3) is 0.364. The number of ether oxygens (including phenoxy) is 1. The van der Waals surface area contributed by atoms with Crippen LogP contribution in [-0.4, -0.2) is 30.5 Å². The van der Waals surface area contributed by atoms with Gasteiger partial charge in [0.25, 0.3) is 5.91 Å². The van der Waals surface area contributed by atoms with Crippen LogP contribution in [0.15, 0.2) is 53.5 Å². The van der Waals surface area contributed by atoms with Gasteiger partial charge in [0.1, 0.15) is 29.8 Å². The van der Waals surface area contributed by atoms with Crippen LogP contribution < -0.4 is 5.32 Å². The molecule has 2 aromatic rings. The van der Waals surface area contributed by atoms with Crippen LogP contribution in [0.5, 0.6) is 0 Å². The van der Waals surface area contributed by atoms with Crippen LogP contribution in [0.2, 0.25) is 0 Å². The van der Waals surface area contributed by atoms with E-state index in [2.05, 4.69) is 10.3 Å². The Balaban J connectivity index is 1.79. The van der Waals surface area contributed by atoms with Gasteiger partial charge in [-0.1, -0.05) is 57.2 Å². The summed E-state index contributed by atoms with van der Waals surface area (Å²) in [5, 5.41) is 2.71. The second-order valence-corrected chi connectivity index (χ2v) is 7.99. The summed E-state index contributed by atoms with van der Waals surface area (Å²) in [6.07, 6.45) is 0.719. The molecule has 1 amide bonds. The first-order chi connectivity index (χ1) is 13.3. The van der Waals surface area contributed by atoms with Gasteiger partial charge in [-0.25, -0.2) is 13.8 Å². The molecular formula is C22H24F2N2O2. The van der Waals surface area contributed by atoms with Gasteiger partial charge in [0.2, 0.25) is 5.90 Å². The van der Waals surface area contributed by atoms with Gasteiger partial charge in [-0.15, -0.1) is 0 Å². The van der Waals surface area contributed by atoms with Gasteiger partial charge in [-0.05, 0) is 29.5 Å². The molecule has 2 aromatic carbocycles. The number of nitrogens with zero attached hydrogens (tertiary/aromatic N) is 1. The molecule has 0 saturated carbocycles. The topological polar surface area (TPSA) is 50.7 Å². The lowest BCUT2D eigenvalue weighted by Gasteiger charge is -2.30. The van der Waals surface area contributed by atoms with Crippen molar-refractivity contribution >= 4 is 11.8 Å². The summed E-state index contributed by atoms with van der Waals surface area (Å²) in [4.78, 5) is 17.2. The quantitative estimate of drug-likeness (QED) is 0.839. The molecule has 0 bridgehead atoms. The molecule has 0 radical (unpaired) electrons. The van der Waals surface area contributed by atoms with Crippen LogP contribution in [0.4, 0.5) is 8.78 Å². The minimum absolute atomic E-state index is 0.0654. The standard InChI is InChI=1S/C22H24F2N2O2/c1-22(2,3)19(26-20(27)18-16(23)10-7-11-17(18)24)21-25-15(13-28-21)12-14-8-5-4-6-9-14/h4-11,15,19H,12-13H2,1-3H3,(H,26,27)/t15-,19+/m0/s1. The first kappa shape index (κ1) is 20.0. The monoisotopic (exact) mass is 386 g/mol. The van der Waals surface area contributed by atoms with Crippen molar-refractivity contribution in [3.8, 4) is 0 Å². The molecule has 0 fully saturated rings. The zero-order valence-electron chi connectivity index (χ0n) is 16.2. The van der Waals surface area contributed by atoms with Crippen molar-refractivity contribution in [3.05, 3.63) is 71.3 Å². The SMILES string of the molecule is CC(C)(C)[C@H](NC(=O)c1c(F)cccc1F)C1=N[C@@H](Cc2ccccc2)CO1. The first-order valence-electron chi connectivity index (χ1n) is 9.25. The number of carbonyl (C=O) groups excluding carboxylic acids is 1. The lowest BCUT2D eigenvalue weighted by molar-refractivity contribution is 0.0908. The Morgan fingerprint density at radius 1 is 1.14 bits per heavy atom. The predicted octanol–water partition coefficient (Wildman–Crippen LogP) is 4.15. The van der Waals surface area contributed by atoms with Crippen molar-refractivity contribution in [2.45, 2.75) is 39.3 Å². The van der Waals surface area contributed by atoms with Crippen molar-refractivity contribution in [2.75, 3.05) is 6.61 Å². The number of rotatable bonds is 5. The van der Waals surface area contributed by atoms with E-state index in [1.165, 1.54) is 6.07 Å². The number of hydrogen-bond donors (Lipinski definition) is 1. The van der Waals surface area contributed by atoms with Crippen molar-refractivity contribution in [1.29, 1.82) is 0 Å². The van der Waals surface area contributed by atoms with Crippen LogP contribution in [-0.2, 0) is 11.2 Å². The maximum absolute atomic E-state index is 14.0. The van der Waals surface area contributed by atoms with E-state index in [1.807, 2.05) is 51.1 Å². The molecule has 0 spiro atoms. The third-order valence-electron chi connectivity index (χ3n) is 4.63. The normalized spacial score (nSPS) is 17.6. The zero-order valence-corrected chi connectivity index (χ0v) is 16.2. The van der Waals surface area contributed by atoms with Gasteiger partial charge >= 0.3 is 0 Å². The number of benzene rings is 2. The smallest absolute Gasteiger partial charge is 0.257 e. The first-order valence-corrected chi connectivity index (χ1v) is 9.25. The Labute approximate surface area is 163 Å². The number of carbonyl (C=O) groups is 1. The van der Waals surface area contributed by atoms with Crippen molar-refractivity contribution in [1.82, 2.24) is 5.32 Å². The highest BCUT2D eigenvalue weighted by Gasteiger charge is 2.36. The van der Waals surface area contributed by atoms with Crippen LogP contribution in [0.25, 0.3) is 0 Å². The third kappa shape index (κ3) is 4.55. The summed E-state index contributed by atoms with van der Waals surface area (Å²) in [5.74, 6) is -2.24. The maximum atomic E-state index is 14.0. The molecule has 0 saturated heterocycles. The van der Waals surface area contributed by atoms with Crippen LogP contribution in [0.1, 0.15) is 36.7 Å². The minimum Gasteiger partial charge on any atom is -0.477 e. The maximum Gasteiger partial charge on any atom is 0.257 e. The highest BCUT2D eigenvalue weighted by Crippen LogP contribution is 2.25. The van der Waals surface area contributed by atoms with E-state index in [0.29, 0.717) is 12.5 Å². The molecule has 1 aliphatic rings. The van der Waals surface area contributed by atoms with Gasteiger partial charge in [0, 0.05) is 0 Å². The van der Waals surface area contributed by atoms with E-state index in [1.54, 1.807) is 0 Å². The van der Waals surface area contributed by atoms with E-state index in [0.717, 1.165) is 24.1 Å². The van der Waals surface area contributed by atoms with Crippen LogP contribution in [0.3, 0.4) is 0 Å². The molecule has 0 aromatic heterocycles. The Hall–Kier alpha value is -2.76. The summed E-state index contributed by atoms with van der Waals surface area (Å²) in [5.41, 5.74) is 0.0831. The van der Waals surface area contributed by atoms with E-state index in [9.17, 15) is 13.6 Å². The molecular weight excluding hydrogens is 362 g/mol. The number of amides is 1. The largest absolute Gasteiger partial charge is 0.477 e. The highest BCUT2D eigenvalue weighted by atomic mass is 19.1. The minimum atomic E-state index is -0.901. The number of hydrogen-bond acceptors (Lipinski definition) is 3. The molecule has 1 aliphatic heterocycles. The fourth-order valence-electron chi connectivity index (χ4n) is 3.15. The van der Waals surface area contributed by atoms with Crippen molar-refractivity contribution < 1.29 is 18.3 Å². The Morgan fingerprint density at radius 2 is 1.79 bits per heavy atom. The molecule has 2 atom stereocenters. The number of halogens is 2. The Kier molecular flexibility index (Phi) is 5.77. The van der Waals surface area contributed by atoms with E-state index in [-0.39, 0.29) is 6.04 Å². The molecule has 0 aliphatic carbocycles. The Morgan fingerprint density at radius 3 is 2.39 bits per heavy atom. The summed E-state index contributed by atoms with van der Waals surface area (Å²) in [6, 6.07) is 12.6. The van der Waals surface area contributed by atoms with E-state index in [4.69, 9.17) is 4.74 Å². The average Bonchev–Trinajstić information content (AvgIpc) is 3.07. The fourth-order valence-corrected chi connectivity index (χ4v) is 3.15. The molecule has 148 valence electrons. The summed E-state index contributed by atoms with van der Waals surface area (Å²) >= 11 is 0. The Bertz CT molecular complexity index is 856. The molecule has 1 heterocycles. The van der Waals surface area contributed by atoms with Crippen molar-refractivity contribution in [2.24, 2.45) is 10.4 Å². The average molecular weight is 386 g/mol. The van der Waals surface area contributed by atoms with Gasteiger partial charge in [-0.3, -0.25) is 4.79 Å². The van der Waals surface area contributed by atoms with E-state index >= 15 is 0 Å². The van der Waals surface area contributed by atoms with E-state index < -0.39 is 34.6 Å². The number of aliphatic imine (C=N–C) groups is 1. The molecule has 0 unspecified atom stereocenters. The predicted molar refractivity (Wildman–Crippen MR) is 104 cm³/mol. The lowest BCUT2D eigenvalue weighted by Crippen LogP contribution is -2.49. The molecule has 1 N–H and O–H groups in total. The summed E-state index contributed by atoms with van der Waals surface area (Å²) < 4.78 is 33.7. The summed E-state index contributed by atoms with van der Waals surface area (Å²) in [7, 11) is 0. The highest BCUT2D eigenvalue weighted by molar-refractivity contribution is 5.98. The van der Waals surface area contributed by atoms with Crippen LogP contribution >= 0.6 is 0 Å². The van der Waals surface area contributed by atoms with Gasteiger partial charge < -0.3 is 10.1 Å².